The normalized spacial score (nSPS) is 11.2. The van der Waals surface area contributed by atoms with Gasteiger partial charge in [0.25, 0.3) is 5.89 Å². The second kappa shape index (κ2) is 8.18. The van der Waals surface area contributed by atoms with Gasteiger partial charge >= 0.3 is 0 Å². The third kappa shape index (κ3) is 3.91. The van der Waals surface area contributed by atoms with E-state index in [0.717, 1.165) is 22.6 Å². The maximum Gasteiger partial charge on any atom is 0.258 e. The van der Waals surface area contributed by atoms with Gasteiger partial charge in [0, 0.05) is 11.1 Å². The van der Waals surface area contributed by atoms with Crippen LogP contribution in [0.4, 0.5) is 5.69 Å². The standard InChI is InChI=1S/C22H18N4O2/c1-27-19-14-12-18(13-15-19)24-25-20(16-8-4-2-5-9-16)21-23-22(28-26-21)17-10-6-3-7-11-17/h2-15,24H,1H3. The van der Waals surface area contributed by atoms with E-state index in [2.05, 4.69) is 20.7 Å². The molecular weight excluding hydrogens is 352 g/mol. The SMILES string of the molecule is COc1ccc(NN=C(c2ccccc2)c2noc(-c3ccccc3)n2)cc1. The first-order valence-corrected chi connectivity index (χ1v) is 8.76. The van der Waals surface area contributed by atoms with Crippen LogP contribution in [0.2, 0.25) is 0 Å². The van der Waals surface area contributed by atoms with Gasteiger partial charge in [-0.15, -0.1) is 0 Å². The van der Waals surface area contributed by atoms with Crippen LogP contribution in [0.1, 0.15) is 11.4 Å². The molecule has 0 saturated heterocycles. The summed E-state index contributed by atoms with van der Waals surface area (Å²) in [6, 6.07) is 26.9. The zero-order valence-electron chi connectivity index (χ0n) is 15.2. The summed E-state index contributed by atoms with van der Waals surface area (Å²) in [6.07, 6.45) is 0. The zero-order valence-corrected chi connectivity index (χ0v) is 15.2. The molecule has 138 valence electrons. The highest BCUT2D eigenvalue weighted by Gasteiger charge is 2.16. The molecule has 4 aromatic rings. The van der Waals surface area contributed by atoms with Gasteiger partial charge in [0.2, 0.25) is 5.82 Å². The molecule has 0 aliphatic rings. The molecule has 6 heteroatoms. The maximum absolute atomic E-state index is 5.45. The van der Waals surface area contributed by atoms with Crippen LogP contribution in [0.25, 0.3) is 11.5 Å². The Kier molecular flexibility index (Phi) is 5.11. The molecule has 0 saturated carbocycles. The third-order valence-corrected chi connectivity index (χ3v) is 4.09. The minimum Gasteiger partial charge on any atom is -0.497 e. The van der Waals surface area contributed by atoms with E-state index in [1.54, 1.807) is 7.11 Å². The average molecular weight is 370 g/mol. The van der Waals surface area contributed by atoms with Crippen molar-refractivity contribution in [2.75, 3.05) is 12.5 Å². The molecule has 4 rings (SSSR count). The van der Waals surface area contributed by atoms with Crippen molar-refractivity contribution in [3.05, 3.63) is 96.3 Å². The summed E-state index contributed by atoms with van der Waals surface area (Å²) in [5, 5.41) is 8.67. The quantitative estimate of drug-likeness (QED) is 0.396. The molecule has 0 unspecified atom stereocenters. The van der Waals surface area contributed by atoms with Gasteiger partial charge in [0.05, 0.1) is 12.8 Å². The Morgan fingerprint density at radius 1 is 0.893 bits per heavy atom. The van der Waals surface area contributed by atoms with Crippen LogP contribution in [0.5, 0.6) is 5.75 Å². The Labute approximate surface area is 162 Å². The molecule has 28 heavy (non-hydrogen) atoms. The lowest BCUT2D eigenvalue weighted by Gasteiger charge is -2.05. The zero-order chi connectivity index (χ0) is 19.2. The number of benzene rings is 3. The van der Waals surface area contributed by atoms with Gasteiger partial charge in [-0.25, -0.2) is 0 Å². The lowest BCUT2D eigenvalue weighted by molar-refractivity contribution is 0.415. The topological polar surface area (TPSA) is 72.5 Å². The molecule has 0 atom stereocenters. The van der Waals surface area contributed by atoms with Crippen LogP contribution < -0.4 is 10.2 Å². The van der Waals surface area contributed by atoms with Crippen molar-refractivity contribution < 1.29 is 9.26 Å². The Hall–Kier alpha value is -3.93. The molecule has 0 aliphatic carbocycles. The summed E-state index contributed by atoms with van der Waals surface area (Å²) in [5.41, 5.74) is 6.20. The van der Waals surface area contributed by atoms with Gasteiger partial charge in [0.15, 0.2) is 0 Å². The van der Waals surface area contributed by atoms with Crippen molar-refractivity contribution >= 4 is 11.4 Å². The lowest BCUT2D eigenvalue weighted by Crippen LogP contribution is -2.08. The smallest absolute Gasteiger partial charge is 0.258 e. The molecule has 6 nitrogen and oxygen atoms in total. The highest BCUT2D eigenvalue weighted by Crippen LogP contribution is 2.19. The molecule has 0 spiro atoms. The Balaban J connectivity index is 1.67. The fourth-order valence-electron chi connectivity index (χ4n) is 2.64. The van der Waals surface area contributed by atoms with Crippen LogP contribution in [0.15, 0.2) is 94.6 Å². The summed E-state index contributed by atoms with van der Waals surface area (Å²) < 4.78 is 10.6. The highest BCUT2D eigenvalue weighted by atomic mass is 16.5. The molecule has 1 N–H and O–H groups in total. The van der Waals surface area contributed by atoms with E-state index in [-0.39, 0.29) is 0 Å². The van der Waals surface area contributed by atoms with Crippen LogP contribution in [-0.4, -0.2) is 23.0 Å². The molecule has 0 amide bonds. The summed E-state index contributed by atoms with van der Waals surface area (Å²) >= 11 is 0. The van der Waals surface area contributed by atoms with E-state index in [0.29, 0.717) is 17.4 Å². The summed E-state index contributed by atoms with van der Waals surface area (Å²) in [6.45, 7) is 0. The fourth-order valence-corrected chi connectivity index (χ4v) is 2.64. The van der Waals surface area contributed by atoms with Crippen molar-refractivity contribution in [1.29, 1.82) is 0 Å². The summed E-state index contributed by atoms with van der Waals surface area (Å²) in [5.74, 6) is 1.64. The number of aromatic nitrogens is 2. The molecule has 1 heterocycles. The predicted molar refractivity (Wildman–Crippen MR) is 108 cm³/mol. The van der Waals surface area contributed by atoms with Gasteiger partial charge in [0.1, 0.15) is 11.5 Å². The Morgan fingerprint density at radius 3 is 2.25 bits per heavy atom. The molecule has 3 aromatic carbocycles. The monoisotopic (exact) mass is 370 g/mol. The number of hydrogen-bond acceptors (Lipinski definition) is 6. The van der Waals surface area contributed by atoms with E-state index in [4.69, 9.17) is 9.26 Å². The number of nitrogens with one attached hydrogen (secondary N) is 1. The molecule has 0 bridgehead atoms. The molecule has 1 aromatic heterocycles. The number of hydrazone groups is 1. The van der Waals surface area contributed by atoms with Crippen molar-refractivity contribution in [3.63, 3.8) is 0 Å². The number of rotatable bonds is 6. The number of nitrogens with zero attached hydrogens (tertiary/aromatic N) is 3. The number of ether oxygens (including phenoxy) is 1. The minimum absolute atomic E-state index is 0.408. The molecule has 0 radical (unpaired) electrons. The Morgan fingerprint density at radius 2 is 1.57 bits per heavy atom. The van der Waals surface area contributed by atoms with Crippen molar-refractivity contribution in [2.45, 2.75) is 0 Å². The first kappa shape index (κ1) is 17.5. The fraction of sp³-hybridized carbons (Fsp3) is 0.0455. The summed E-state index contributed by atoms with van der Waals surface area (Å²) in [4.78, 5) is 4.53. The van der Waals surface area contributed by atoms with Crippen molar-refractivity contribution in [1.82, 2.24) is 10.1 Å². The van der Waals surface area contributed by atoms with Crippen LogP contribution in [0.3, 0.4) is 0 Å². The van der Waals surface area contributed by atoms with Gasteiger partial charge in [-0.05, 0) is 36.4 Å². The van der Waals surface area contributed by atoms with Crippen LogP contribution in [0, 0.1) is 0 Å². The molecule has 0 aliphatic heterocycles. The van der Waals surface area contributed by atoms with E-state index in [9.17, 15) is 0 Å². The lowest BCUT2D eigenvalue weighted by atomic mass is 10.1. The van der Waals surface area contributed by atoms with Crippen LogP contribution in [-0.2, 0) is 0 Å². The first-order chi connectivity index (χ1) is 13.8. The number of methoxy groups -OCH3 is 1. The third-order valence-electron chi connectivity index (χ3n) is 4.09. The largest absolute Gasteiger partial charge is 0.497 e. The van der Waals surface area contributed by atoms with Gasteiger partial charge in [-0.2, -0.15) is 10.1 Å². The first-order valence-electron chi connectivity index (χ1n) is 8.76. The second-order valence-corrected chi connectivity index (χ2v) is 5.96. The highest BCUT2D eigenvalue weighted by molar-refractivity contribution is 6.10. The van der Waals surface area contributed by atoms with Crippen molar-refractivity contribution in [2.24, 2.45) is 5.10 Å². The van der Waals surface area contributed by atoms with E-state index < -0.39 is 0 Å². The number of anilines is 1. The van der Waals surface area contributed by atoms with Gasteiger partial charge in [-0.1, -0.05) is 53.7 Å². The van der Waals surface area contributed by atoms with E-state index in [1.807, 2.05) is 84.9 Å². The maximum atomic E-state index is 5.45. The Bertz CT molecular complexity index is 1060. The van der Waals surface area contributed by atoms with Gasteiger partial charge < -0.3 is 9.26 Å². The van der Waals surface area contributed by atoms with E-state index in [1.165, 1.54) is 0 Å². The van der Waals surface area contributed by atoms with Crippen molar-refractivity contribution in [3.8, 4) is 17.2 Å². The van der Waals surface area contributed by atoms with E-state index >= 15 is 0 Å². The predicted octanol–water partition coefficient (Wildman–Crippen LogP) is 4.61. The average Bonchev–Trinajstić information content (AvgIpc) is 3.26. The van der Waals surface area contributed by atoms with Crippen LogP contribution >= 0.6 is 0 Å². The molecule has 0 fully saturated rings. The molecular formula is C22H18N4O2. The van der Waals surface area contributed by atoms with Gasteiger partial charge in [-0.3, -0.25) is 5.43 Å². The minimum atomic E-state index is 0.408. The number of hydrogen-bond donors (Lipinski definition) is 1. The second-order valence-electron chi connectivity index (χ2n) is 5.96. The summed E-state index contributed by atoms with van der Waals surface area (Å²) in [7, 11) is 1.63.